The fraction of sp³-hybridized carbons (Fsp3) is 0.385. The van der Waals surface area contributed by atoms with Crippen LogP contribution in [0.2, 0.25) is 0 Å². The Morgan fingerprint density at radius 2 is 1.77 bits per heavy atom. The van der Waals surface area contributed by atoms with Crippen molar-refractivity contribution in [2.45, 2.75) is 26.4 Å². The second-order valence-electron chi connectivity index (χ2n) is 9.09. The molecule has 4 aromatic rings. The number of hydrogen-bond donors (Lipinski definition) is 1. The largest absolute Gasteiger partial charge is 0.383 e. The summed E-state index contributed by atoms with van der Waals surface area (Å²) >= 11 is 0. The normalized spacial score (nSPS) is 15.6. The molecule has 1 aliphatic rings. The van der Waals surface area contributed by atoms with E-state index in [9.17, 15) is 4.79 Å². The molecule has 0 radical (unpaired) electrons. The van der Waals surface area contributed by atoms with Crippen molar-refractivity contribution in [1.29, 1.82) is 0 Å². The summed E-state index contributed by atoms with van der Waals surface area (Å²) in [5.41, 5.74) is 4.93. The highest BCUT2D eigenvalue weighted by atomic mass is 16.5. The number of tetrazole rings is 1. The number of aromatic nitrogens is 5. The van der Waals surface area contributed by atoms with Gasteiger partial charge in [-0.2, -0.15) is 0 Å². The summed E-state index contributed by atoms with van der Waals surface area (Å²) in [6, 6.07) is 16.2. The van der Waals surface area contributed by atoms with Crippen LogP contribution in [-0.4, -0.2) is 70.0 Å². The third-order valence-corrected chi connectivity index (χ3v) is 6.89. The molecule has 1 fully saturated rings. The standard InChI is InChI=1S/C26H31N7O2/c1-18-15-20-17-22(26(34)27-23(20)16-19(18)2)24(25-28-29-30-33(25)13-14-35-3)32-11-9-31(10-12-32)21-7-5-4-6-8-21/h4-8,15-17,24H,9-14H2,1-3H3,(H,27,34)/t24-/m1/s1. The SMILES string of the molecule is COCCn1nnnc1[C@@H](c1cc2cc(C)c(C)cc2[nH]c1=O)N1CCN(c2ccccc2)CC1. The minimum absolute atomic E-state index is 0.113. The van der Waals surface area contributed by atoms with Crippen LogP contribution in [-0.2, 0) is 11.3 Å². The van der Waals surface area contributed by atoms with Gasteiger partial charge in [-0.15, -0.1) is 5.10 Å². The molecule has 2 aromatic heterocycles. The molecule has 1 saturated heterocycles. The van der Waals surface area contributed by atoms with E-state index >= 15 is 0 Å². The Labute approximate surface area is 204 Å². The van der Waals surface area contributed by atoms with Crippen LogP contribution >= 0.6 is 0 Å². The molecular weight excluding hydrogens is 442 g/mol. The average Bonchev–Trinajstić information content (AvgIpc) is 3.33. The lowest BCUT2D eigenvalue weighted by atomic mass is 10.00. The Morgan fingerprint density at radius 1 is 1.03 bits per heavy atom. The number of nitrogens with one attached hydrogen (secondary N) is 1. The number of rotatable bonds is 7. The number of aromatic amines is 1. The van der Waals surface area contributed by atoms with Gasteiger partial charge in [0, 0.05) is 50.1 Å². The maximum atomic E-state index is 13.4. The molecule has 0 amide bonds. The highest BCUT2D eigenvalue weighted by Gasteiger charge is 2.32. The third-order valence-electron chi connectivity index (χ3n) is 6.89. The number of H-pyrrole nitrogens is 1. The number of nitrogens with zero attached hydrogens (tertiary/aromatic N) is 6. The molecule has 5 rings (SSSR count). The molecule has 0 aliphatic carbocycles. The Morgan fingerprint density at radius 3 is 2.51 bits per heavy atom. The fourth-order valence-electron chi connectivity index (χ4n) is 4.82. The molecule has 2 aromatic carbocycles. The minimum Gasteiger partial charge on any atom is -0.383 e. The van der Waals surface area contributed by atoms with Crippen LogP contribution in [0.3, 0.4) is 0 Å². The van der Waals surface area contributed by atoms with Gasteiger partial charge in [0.15, 0.2) is 5.82 Å². The van der Waals surface area contributed by atoms with Crippen LogP contribution < -0.4 is 10.5 Å². The van der Waals surface area contributed by atoms with Crippen LogP contribution in [0, 0.1) is 13.8 Å². The topological polar surface area (TPSA) is 92.2 Å². The molecule has 0 saturated carbocycles. The van der Waals surface area contributed by atoms with E-state index in [1.807, 2.05) is 18.2 Å². The molecule has 9 heteroatoms. The number of para-hydroxylation sites is 1. The molecule has 0 spiro atoms. The number of aryl methyl sites for hydroxylation is 2. The number of ether oxygens (including phenoxy) is 1. The quantitative estimate of drug-likeness (QED) is 0.441. The van der Waals surface area contributed by atoms with Crippen molar-refractivity contribution in [1.82, 2.24) is 30.1 Å². The first-order valence-corrected chi connectivity index (χ1v) is 12.0. The van der Waals surface area contributed by atoms with Gasteiger partial charge in [0.2, 0.25) is 0 Å². The van der Waals surface area contributed by atoms with E-state index in [2.05, 4.69) is 74.5 Å². The van der Waals surface area contributed by atoms with E-state index < -0.39 is 0 Å². The van der Waals surface area contributed by atoms with Gasteiger partial charge < -0.3 is 14.6 Å². The molecule has 35 heavy (non-hydrogen) atoms. The number of hydrogen-bond acceptors (Lipinski definition) is 7. The number of fused-ring (bicyclic) bond motifs is 1. The van der Waals surface area contributed by atoms with Gasteiger partial charge in [0.05, 0.1) is 13.2 Å². The van der Waals surface area contributed by atoms with Crippen LogP contribution in [0.5, 0.6) is 0 Å². The highest BCUT2D eigenvalue weighted by molar-refractivity contribution is 5.81. The zero-order valence-corrected chi connectivity index (χ0v) is 20.4. The van der Waals surface area contributed by atoms with Crippen molar-refractivity contribution in [2.24, 2.45) is 0 Å². The van der Waals surface area contributed by atoms with E-state index in [4.69, 9.17) is 4.74 Å². The van der Waals surface area contributed by atoms with Crippen molar-refractivity contribution in [3.05, 3.63) is 81.4 Å². The summed E-state index contributed by atoms with van der Waals surface area (Å²) in [7, 11) is 1.66. The number of methoxy groups -OCH3 is 1. The maximum Gasteiger partial charge on any atom is 0.253 e. The predicted octanol–water partition coefficient (Wildman–Crippen LogP) is 2.69. The Bertz CT molecular complexity index is 1360. The van der Waals surface area contributed by atoms with Gasteiger partial charge >= 0.3 is 0 Å². The molecular formula is C26H31N7O2. The molecule has 9 nitrogen and oxygen atoms in total. The Kier molecular flexibility index (Phi) is 6.61. The second kappa shape index (κ2) is 9.97. The highest BCUT2D eigenvalue weighted by Crippen LogP contribution is 2.29. The van der Waals surface area contributed by atoms with E-state index in [1.54, 1.807) is 11.8 Å². The van der Waals surface area contributed by atoms with Crippen molar-refractivity contribution >= 4 is 16.6 Å². The van der Waals surface area contributed by atoms with Gasteiger partial charge in [-0.3, -0.25) is 9.69 Å². The van der Waals surface area contributed by atoms with Crippen LogP contribution in [0.15, 0.2) is 53.3 Å². The van der Waals surface area contributed by atoms with Gasteiger partial charge in [0.25, 0.3) is 5.56 Å². The number of pyridine rings is 1. The molecule has 182 valence electrons. The first-order valence-electron chi connectivity index (χ1n) is 12.0. The lowest BCUT2D eigenvalue weighted by molar-refractivity contribution is 0.171. The van der Waals surface area contributed by atoms with E-state index in [0.29, 0.717) is 24.5 Å². The molecule has 0 unspecified atom stereocenters. The maximum absolute atomic E-state index is 13.4. The first kappa shape index (κ1) is 23.2. The van der Waals surface area contributed by atoms with E-state index in [0.717, 1.165) is 42.6 Å². The Hall–Kier alpha value is -3.56. The monoisotopic (exact) mass is 473 g/mol. The summed E-state index contributed by atoms with van der Waals surface area (Å²) in [4.78, 5) is 21.2. The lowest BCUT2D eigenvalue weighted by Gasteiger charge is -2.39. The Balaban J connectivity index is 1.54. The summed E-state index contributed by atoms with van der Waals surface area (Å²) < 4.78 is 7.02. The van der Waals surface area contributed by atoms with Gasteiger partial charge in [-0.05, 0) is 71.1 Å². The number of piperazine rings is 1. The predicted molar refractivity (Wildman–Crippen MR) is 136 cm³/mol. The summed E-state index contributed by atoms with van der Waals surface area (Å²) in [6.45, 7) is 8.41. The van der Waals surface area contributed by atoms with Gasteiger partial charge in [-0.25, -0.2) is 4.68 Å². The molecule has 1 atom stereocenters. The van der Waals surface area contributed by atoms with Crippen molar-refractivity contribution in [2.75, 3.05) is 44.8 Å². The van der Waals surface area contributed by atoms with Crippen molar-refractivity contribution < 1.29 is 4.74 Å². The van der Waals surface area contributed by atoms with E-state index in [-0.39, 0.29) is 11.6 Å². The van der Waals surface area contributed by atoms with Crippen LogP contribution in [0.1, 0.15) is 28.6 Å². The van der Waals surface area contributed by atoms with Gasteiger partial charge in [0.1, 0.15) is 6.04 Å². The minimum atomic E-state index is -0.366. The fourth-order valence-corrected chi connectivity index (χ4v) is 4.82. The van der Waals surface area contributed by atoms with E-state index in [1.165, 1.54) is 11.3 Å². The third kappa shape index (κ3) is 4.69. The lowest BCUT2D eigenvalue weighted by Crippen LogP contribution is -2.49. The molecule has 0 bridgehead atoms. The zero-order valence-electron chi connectivity index (χ0n) is 20.4. The zero-order chi connectivity index (χ0) is 24.4. The summed E-state index contributed by atoms with van der Waals surface area (Å²) in [5, 5.41) is 13.6. The van der Waals surface area contributed by atoms with Gasteiger partial charge in [-0.1, -0.05) is 18.2 Å². The smallest absolute Gasteiger partial charge is 0.253 e. The molecule has 3 heterocycles. The summed E-state index contributed by atoms with van der Waals surface area (Å²) in [6.07, 6.45) is 0. The summed E-state index contributed by atoms with van der Waals surface area (Å²) in [5.74, 6) is 0.656. The van der Waals surface area contributed by atoms with Crippen molar-refractivity contribution in [3.8, 4) is 0 Å². The second-order valence-corrected chi connectivity index (χ2v) is 9.09. The van der Waals surface area contributed by atoms with Crippen LogP contribution in [0.4, 0.5) is 5.69 Å². The van der Waals surface area contributed by atoms with Crippen molar-refractivity contribution in [3.63, 3.8) is 0 Å². The molecule has 1 N–H and O–H groups in total. The number of benzene rings is 2. The van der Waals surface area contributed by atoms with Crippen LogP contribution in [0.25, 0.3) is 10.9 Å². The first-order chi connectivity index (χ1) is 17.0. The average molecular weight is 474 g/mol. The number of anilines is 1. The molecule has 1 aliphatic heterocycles.